The van der Waals surface area contributed by atoms with Crippen LogP contribution in [0.25, 0.3) is 0 Å². The third-order valence-corrected chi connectivity index (χ3v) is 2.70. The lowest BCUT2D eigenvalue weighted by molar-refractivity contribution is -0.141. The van der Waals surface area contributed by atoms with Crippen molar-refractivity contribution in [3.05, 3.63) is 0 Å². The van der Waals surface area contributed by atoms with Gasteiger partial charge < -0.3 is 14.7 Å². The summed E-state index contributed by atoms with van der Waals surface area (Å²) in [4.78, 5) is 21.1. The summed E-state index contributed by atoms with van der Waals surface area (Å²) in [5.41, 5.74) is -1.38. The molecule has 0 aliphatic heterocycles. The molecular formula is C9H14O3. The van der Waals surface area contributed by atoms with Crippen LogP contribution in [0.5, 0.6) is 0 Å². The van der Waals surface area contributed by atoms with Gasteiger partial charge >= 0.3 is 0 Å². The molecule has 3 atom stereocenters. The lowest BCUT2D eigenvalue weighted by Crippen LogP contribution is -2.44. The standard InChI is InChI=1S/C9H14O3/c1-7-2-3-9(12,6-11)8(4-7)5-10/h5-8,12H,2-4H2,1H3. The van der Waals surface area contributed by atoms with Crippen LogP contribution in [0.1, 0.15) is 26.2 Å². The minimum atomic E-state index is -1.38. The highest BCUT2D eigenvalue weighted by Crippen LogP contribution is 2.34. The maximum absolute atomic E-state index is 10.6. The van der Waals surface area contributed by atoms with Crippen LogP contribution in [-0.2, 0) is 9.59 Å². The summed E-state index contributed by atoms with van der Waals surface area (Å²) in [7, 11) is 0. The Hall–Kier alpha value is -0.700. The number of aldehydes is 2. The van der Waals surface area contributed by atoms with Crippen LogP contribution < -0.4 is 0 Å². The summed E-state index contributed by atoms with van der Waals surface area (Å²) >= 11 is 0. The number of aliphatic hydroxyl groups is 1. The largest absolute Gasteiger partial charge is 0.382 e. The van der Waals surface area contributed by atoms with E-state index in [0.29, 0.717) is 31.3 Å². The Morgan fingerprint density at radius 1 is 1.50 bits per heavy atom. The van der Waals surface area contributed by atoms with Crippen LogP contribution >= 0.6 is 0 Å². The summed E-state index contributed by atoms with van der Waals surface area (Å²) < 4.78 is 0. The minimum Gasteiger partial charge on any atom is -0.382 e. The number of rotatable bonds is 2. The first kappa shape index (κ1) is 9.39. The second kappa shape index (κ2) is 3.35. The minimum absolute atomic E-state index is 0.418. The first-order chi connectivity index (χ1) is 5.62. The lowest BCUT2D eigenvalue weighted by Gasteiger charge is -2.35. The van der Waals surface area contributed by atoms with Gasteiger partial charge in [0.25, 0.3) is 0 Å². The third kappa shape index (κ3) is 1.55. The highest BCUT2D eigenvalue weighted by molar-refractivity contribution is 5.71. The predicted octanol–water partition coefficient (Wildman–Crippen LogP) is 0.552. The van der Waals surface area contributed by atoms with E-state index in [1.165, 1.54) is 0 Å². The van der Waals surface area contributed by atoms with Crippen LogP contribution in [-0.4, -0.2) is 23.3 Å². The molecule has 0 spiro atoms. The molecule has 68 valence electrons. The van der Waals surface area contributed by atoms with E-state index in [4.69, 9.17) is 0 Å². The highest BCUT2D eigenvalue weighted by atomic mass is 16.3. The zero-order valence-electron chi connectivity index (χ0n) is 7.19. The molecule has 1 fully saturated rings. The van der Waals surface area contributed by atoms with E-state index in [0.717, 1.165) is 6.42 Å². The summed E-state index contributed by atoms with van der Waals surface area (Å²) in [6.07, 6.45) is 3.07. The van der Waals surface area contributed by atoms with Crippen molar-refractivity contribution in [1.82, 2.24) is 0 Å². The van der Waals surface area contributed by atoms with E-state index in [-0.39, 0.29) is 0 Å². The number of carbonyl (C=O) groups is 2. The number of hydrogen-bond acceptors (Lipinski definition) is 3. The molecule has 1 N–H and O–H groups in total. The molecule has 1 rings (SSSR count). The number of carbonyl (C=O) groups excluding carboxylic acids is 2. The zero-order chi connectivity index (χ0) is 9.19. The van der Waals surface area contributed by atoms with Crippen molar-refractivity contribution in [3.63, 3.8) is 0 Å². The third-order valence-electron chi connectivity index (χ3n) is 2.70. The Labute approximate surface area is 71.8 Å². The second-order valence-electron chi connectivity index (χ2n) is 3.73. The molecule has 0 amide bonds. The van der Waals surface area contributed by atoms with Crippen molar-refractivity contribution < 1.29 is 14.7 Å². The van der Waals surface area contributed by atoms with E-state index in [2.05, 4.69) is 0 Å². The van der Waals surface area contributed by atoms with Crippen molar-refractivity contribution in [2.24, 2.45) is 11.8 Å². The molecule has 3 nitrogen and oxygen atoms in total. The van der Waals surface area contributed by atoms with Crippen LogP contribution in [0.3, 0.4) is 0 Å². The van der Waals surface area contributed by atoms with Gasteiger partial charge in [-0.2, -0.15) is 0 Å². The molecule has 12 heavy (non-hydrogen) atoms. The quantitative estimate of drug-likeness (QED) is 0.616. The van der Waals surface area contributed by atoms with Crippen LogP contribution in [0.4, 0.5) is 0 Å². The molecule has 1 saturated carbocycles. The van der Waals surface area contributed by atoms with E-state index < -0.39 is 11.5 Å². The molecule has 0 radical (unpaired) electrons. The summed E-state index contributed by atoms with van der Waals surface area (Å²) in [5.74, 6) is -0.0702. The van der Waals surface area contributed by atoms with E-state index in [9.17, 15) is 14.7 Å². The Morgan fingerprint density at radius 3 is 2.67 bits per heavy atom. The van der Waals surface area contributed by atoms with Gasteiger partial charge in [0.1, 0.15) is 11.9 Å². The molecule has 0 aromatic rings. The first-order valence-electron chi connectivity index (χ1n) is 4.26. The van der Waals surface area contributed by atoms with Gasteiger partial charge in [0.2, 0.25) is 0 Å². The molecule has 0 aromatic heterocycles. The van der Waals surface area contributed by atoms with Gasteiger partial charge in [0.15, 0.2) is 6.29 Å². The van der Waals surface area contributed by atoms with Crippen molar-refractivity contribution >= 4 is 12.6 Å². The van der Waals surface area contributed by atoms with Crippen LogP contribution in [0.2, 0.25) is 0 Å². The molecular weight excluding hydrogens is 156 g/mol. The first-order valence-corrected chi connectivity index (χ1v) is 4.26. The summed E-state index contributed by atoms with van der Waals surface area (Å²) in [5, 5.41) is 9.66. The zero-order valence-corrected chi connectivity index (χ0v) is 7.19. The normalized spacial score (nSPS) is 42.2. The molecule has 1 aliphatic rings. The van der Waals surface area contributed by atoms with Crippen molar-refractivity contribution in [2.45, 2.75) is 31.8 Å². The Morgan fingerprint density at radius 2 is 2.17 bits per heavy atom. The molecule has 0 saturated heterocycles. The van der Waals surface area contributed by atoms with Gasteiger partial charge in [-0.1, -0.05) is 6.92 Å². The molecule has 0 aromatic carbocycles. The van der Waals surface area contributed by atoms with Gasteiger partial charge in [-0.25, -0.2) is 0 Å². The van der Waals surface area contributed by atoms with Gasteiger partial charge in [0, 0.05) is 0 Å². The van der Waals surface area contributed by atoms with Crippen LogP contribution in [0.15, 0.2) is 0 Å². The second-order valence-corrected chi connectivity index (χ2v) is 3.73. The molecule has 0 bridgehead atoms. The summed E-state index contributed by atoms with van der Waals surface area (Å²) in [6.45, 7) is 2.03. The SMILES string of the molecule is CC1CCC(O)(C=O)C(C=O)C1. The van der Waals surface area contributed by atoms with Gasteiger partial charge in [-0.3, -0.25) is 0 Å². The maximum Gasteiger partial charge on any atom is 0.152 e. The highest BCUT2D eigenvalue weighted by Gasteiger charge is 2.40. The Balaban J connectivity index is 2.74. The molecule has 0 heterocycles. The fourth-order valence-corrected chi connectivity index (χ4v) is 1.74. The van der Waals surface area contributed by atoms with Gasteiger partial charge in [-0.15, -0.1) is 0 Å². The van der Waals surface area contributed by atoms with E-state index in [1.807, 2.05) is 6.92 Å². The van der Waals surface area contributed by atoms with E-state index in [1.54, 1.807) is 0 Å². The van der Waals surface area contributed by atoms with Gasteiger partial charge in [-0.05, 0) is 25.2 Å². The number of hydrogen-bond donors (Lipinski definition) is 1. The fourth-order valence-electron chi connectivity index (χ4n) is 1.74. The molecule has 3 heteroatoms. The average Bonchev–Trinajstić information content (AvgIpc) is 2.09. The van der Waals surface area contributed by atoms with Crippen LogP contribution in [0, 0.1) is 11.8 Å². The molecule has 1 aliphatic carbocycles. The smallest absolute Gasteiger partial charge is 0.152 e. The lowest BCUT2D eigenvalue weighted by atomic mass is 9.73. The average molecular weight is 170 g/mol. The fraction of sp³-hybridized carbons (Fsp3) is 0.778. The Bertz CT molecular complexity index is 190. The molecule has 3 unspecified atom stereocenters. The van der Waals surface area contributed by atoms with Crippen molar-refractivity contribution in [3.8, 4) is 0 Å². The predicted molar refractivity (Wildman–Crippen MR) is 43.6 cm³/mol. The Kier molecular flexibility index (Phi) is 2.62. The monoisotopic (exact) mass is 170 g/mol. The van der Waals surface area contributed by atoms with Gasteiger partial charge in [0.05, 0.1) is 5.92 Å². The summed E-state index contributed by atoms with van der Waals surface area (Å²) in [6, 6.07) is 0. The topological polar surface area (TPSA) is 54.4 Å². The maximum atomic E-state index is 10.6. The van der Waals surface area contributed by atoms with Crippen molar-refractivity contribution in [1.29, 1.82) is 0 Å². The van der Waals surface area contributed by atoms with Crippen molar-refractivity contribution in [2.75, 3.05) is 0 Å². The van der Waals surface area contributed by atoms with E-state index >= 15 is 0 Å².